The van der Waals surface area contributed by atoms with Gasteiger partial charge >= 0.3 is 94.6 Å². The summed E-state index contributed by atoms with van der Waals surface area (Å²) in [6.07, 6.45) is 0.353. The Labute approximate surface area is 278 Å². The molecule has 0 aliphatic rings. The fourth-order valence-electron chi connectivity index (χ4n) is 3.95. The molecular formula is C20H13Na3O11S3. The summed E-state index contributed by atoms with van der Waals surface area (Å²) < 4.78 is 113. The van der Waals surface area contributed by atoms with Gasteiger partial charge in [-0.3, -0.25) is 4.79 Å². The largest absolute Gasteiger partial charge is 1.00 e. The van der Waals surface area contributed by atoms with E-state index in [0.717, 1.165) is 24.3 Å². The van der Waals surface area contributed by atoms with Crippen LogP contribution in [0.2, 0.25) is 0 Å². The standard InChI is InChI=1S/C20H16O11S3.3Na/c1-2-3-18(21)31-14-8-15(32(22,23)24)11-6-7-13-17(34(28,29)30)9-16(33(25,26)27)12-5-4-10(14)19(11)20(12)13;;;/h4-9H,2-3H2,1H3,(H,22,23,24)(H,25,26,27)(H,28,29,30);;;/q;3*+1/p-3. The molecule has 0 bridgehead atoms. The molecule has 0 fully saturated rings. The second-order valence-electron chi connectivity index (χ2n) is 7.40. The van der Waals surface area contributed by atoms with Crippen LogP contribution in [0.4, 0.5) is 0 Å². The van der Waals surface area contributed by atoms with Crippen LogP contribution in [0.5, 0.6) is 5.75 Å². The van der Waals surface area contributed by atoms with Crippen molar-refractivity contribution in [2.24, 2.45) is 0 Å². The summed E-state index contributed by atoms with van der Waals surface area (Å²) in [5.41, 5.74) is 0. The molecule has 11 nitrogen and oxygen atoms in total. The fraction of sp³-hybridized carbons (Fsp3) is 0.150. The maximum Gasteiger partial charge on any atom is 1.00 e. The summed E-state index contributed by atoms with van der Waals surface area (Å²) in [5, 5.41) is -1.25. The minimum atomic E-state index is -5.30. The predicted molar refractivity (Wildman–Crippen MR) is 115 cm³/mol. The van der Waals surface area contributed by atoms with Gasteiger partial charge in [-0.05, 0) is 24.6 Å². The van der Waals surface area contributed by atoms with Crippen molar-refractivity contribution in [2.45, 2.75) is 34.5 Å². The number of hydrogen-bond acceptors (Lipinski definition) is 11. The molecule has 0 radical (unpaired) electrons. The van der Waals surface area contributed by atoms with Gasteiger partial charge in [-0.15, -0.1) is 0 Å². The van der Waals surface area contributed by atoms with Gasteiger partial charge in [0, 0.05) is 38.7 Å². The Balaban J connectivity index is 0.00000228. The minimum Gasteiger partial charge on any atom is -0.744 e. The van der Waals surface area contributed by atoms with Crippen molar-refractivity contribution in [3.05, 3.63) is 36.4 Å². The first-order valence-corrected chi connectivity index (χ1v) is 13.7. The molecule has 4 aromatic carbocycles. The minimum absolute atomic E-state index is 0. The van der Waals surface area contributed by atoms with Crippen molar-refractivity contribution in [1.82, 2.24) is 0 Å². The number of hydrogen-bond donors (Lipinski definition) is 0. The maximum absolute atomic E-state index is 12.1. The molecule has 0 heterocycles. The Bertz CT molecular complexity index is 1780. The van der Waals surface area contributed by atoms with Crippen LogP contribution in [0.1, 0.15) is 19.8 Å². The van der Waals surface area contributed by atoms with Crippen molar-refractivity contribution in [3.63, 3.8) is 0 Å². The van der Waals surface area contributed by atoms with Gasteiger partial charge in [0.1, 0.15) is 36.1 Å². The molecule has 4 rings (SSSR count). The zero-order valence-corrected chi connectivity index (χ0v) is 28.5. The van der Waals surface area contributed by atoms with Crippen LogP contribution in [0.3, 0.4) is 0 Å². The molecule has 0 saturated carbocycles. The first kappa shape index (κ1) is 35.1. The number of rotatable bonds is 6. The third-order valence-electron chi connectivity index (χ3n) is 5.23. The molecule has 0 aliphatic heterocycles. The third kappa shape index (κ3) is 6.72. The van der Waals surface area contributed by atoms with Gasteiger partial charge in [-0.25, -0.2) is 25.3 Å². The SMILES string of the molecule is CCCC(=O)Oc1cc(S(=O)(=O)[O-])c2ccc3c(S(=O)(=O)[O-])cc(S(=O)(=O)[O-])c4ccc1c2c43.[Na+].[Na+].[Na+]. The molecule has 0 N–H and O–H groups in total. The number of carbonyl (C=O) groups excluding carboxylic acids is 1. The van der Waals surface area contributed by atoms with E-state index in [1.165, 1.54) is 6.07 Å². The second-order valence-corrected chi connectivity index (χ2v) is 11.4. The first-order chi connectivity index (χ1) is 15.6. The number of benzene rings is 4. The van der Waals surface area contributed by atoms with Crippen molar-refractivity contribution < 1.29 is 137 Å². The van der Waals surface area contributed by atoms with Crippen LogP contribution in [0, 0.1) is 0 Å². The molecule has 0 atom stereocenters. The van der Waals surface area contributed by atoms with E-state index < -0.39 is 51.0 Å². The predicted octanol–water partition coefficient (Wildman–Crippen LogP) is -6.99. The molecular weight excluding hydrogens is 581 g/mol. The molecule has 0 spiro atoms. The van der Waals surface area contributed by atoms with Crippen LogP contribution in [0.15, 0.2) is 51.1 Å². The van der Waals surface area contributed by atoms with Crippen molar-refractivity contribution in [2.75, 3.05) is 0 Å². The number of ether oxygens (including phenoxy) is 1. The summed E-state index contributed by atoms with van der Waals surface area (Å²) in [6.45, 7) is 1.69. The van der Waals surface area contributed by atoms with Crippen LogP contribution >= 0.6 is 0 Å². The van der Waals surface area contributed by atoms with Gasteiger partial charge in [0.2, 0.25) is 0 Å². The summed E-state index contributed by atoms with van der Waals surface area (Å²) in [5.74, 6) is -1.10. The van der Waals surface area contributed by atoms with E-state index in [2.05, 4.69) is 0 Å². The first-order valence-electron chi connectivity index (χ1n) is 9.51. The van der Waals surface area contributed by atoms with Gasteiger partial charge in [0.15, 0.2) is 0 Å². The van der Waals surface area contributed by atoms with Gasteiger partial charge in [-0.1, -0.05) is 25.1 Å². The smallest absolute Gasteiger partial charge is 0.744 e. The van der Waals surface area contributed by atoms with E-state index in [1.54, 1.807) is 6.92 Å². The van der Waals surface area contributed by atoms with Gasteiger partial charge in [0.25, 0.3) is 0 Å². The topological polar surface area (TPSA) is 198 Å². The van der Waals surface area contributed by atoms with Crippen molar-refractivity contribution >= 4 is 68.6 Å². The Morgan fingerprint density at radius 2 is 1.03 bits per heavy atom. The van der Waals surface area contributed by atoms with E-state index in [1.807, 2.05) is 0 Å². The Morgan fingerprint density at radius 3 is 1.41 bits per heavy atom. The van der Waals surface area contributed by atoms with Crippen LogP contribution in [-0.4, -0.2) is 44.9 Å². The quantitative estimate of drug-likeness (QED) is 0.0676. The Kier molecular flexibility index (Phi) is 11.7. The zero-order valence-electron chi connectivity index (χ0n) is 20.1. The fourth-order valence-corrected chi connectivity index (χ4v) is 6.12. The number of carbonyl (C=O) groups is 1. The molecule has 0 aromatic heterocycles. The van der Waals surface area contributed by atoms with Crippen LogP contribution in [0.25, 0.3) is 32.3 Å². The summed E-state index contributed by atoms with van der Waals surface area (Å²) in [6, 6.07) is 5.77. The Morgan fingerprint density at radius 1 is 0.676 bits per heavy atom. The van der Waals surface area contributed by atoms with E-state index in [4.69, 9.17) is 4.74 Å². The van der Waals surface area contributed by atoms with E-state index in [9.17, 15) is 43.7 Å². The van der Waals surface area contributed by atoms with Crippen LogP contribution in [-0.2, 0) is 35.1 Å². The monoisotopic (exact) mass is 594 g/mol. The molecule has 0 unspecified atom stereocenters. The summed E-state index contributed by atoms with van der Waals surface area (Å²) >= 11 is 0. The zero-order chi connectivity index (χ0) is 25.2. The number of esters is 1. The Hall–Kier alpha value is 0.120. The average molecular weight is 594 g/mol. The van der Waals surface area contributed by atoms with Gasteiger partial charge in [0.05, 0.1) is 14.7 Å². The molecule has 180 valence electrons. The normalized spacial score (nSPS) is 12.1. The molecule has 0 saturated heterocycles. The third-order valence-corrected chi connectivity index (χ3v) is 7.86. The van der Waals surface area contributed by atoms with Crippen LogP contribution < -0.4 is 93.4 Å². The summed E-state index contributed by atoms with van der Waals surface area (Å²) in [4.78, 5) is 9.24. The van der Waals surface area contributed by atoms with E-state index >= 15 is 0 Å². The second kappa shape index (κ2) is 12.3. The average Bonchev–Trinajstić information content (AvgIpc) is 2.70. The molecule has 37 heavy (non-hydrogen) atoms. The molecule has 0 amide bonds. The molecule has 0 aliphatic carbocycles. The summed E-state index contributed by atoms with van der Waals surface area (Å²) in [7, 11) is -15.8. The molecule has 4 aromatic rings. The van der Waals surface area contributed by atoms with Gasteiger partial charge in [-0.2, -0.15) is 0 Å². The van der Waals surface area contributed by atoms with Crippen molar-refractivity contribution in [1.29, 1.82) is 0 Å². The van der Waals surface area contributed by atoms with E-state index in [0.29, 0.717) is 12.5 Å². The maximum atomic E-state index is 12.1. The van der Waals surface area contributed by atoms with Gasteiger partial charge < -0.3 is 18.4 Å². The molecule has 17 heteroatoms. The van der Waals surface area contributed by atoms with Crippen molar-refractivity contribution in [3.8, 4) is 5.75 Å². The van der Waals surface area contributed by atoms with E-state index in [-0.39, 0.29) is 133 Å².